The van der Waals surface area contributed by atoms with E-state index in [1.54, 1.807) is 37.6 Å². The van der Waals surface area contributed by atoms with Gasteiger partial charge in [-0.2, -0.15) is 0 Å². The molecule has 1 fully saturated rings. The predicted molar refractivity (Wildman–Crippen MR) is 134 cm³/mol. The number of imidazole rings is 1. The van der Waals surface area contributed by atoms with Crippen LogP contribution in [0.1, 0.15) is 0 Å². The molecule has 6 nitrogen and oxygen atoms in total. The molecule has 5 rings (SSSR count). The van der Waals surface area contributed by atoms with Gasteiger partial charge in [0.25, 0.3) is 0 Å². The van der Waals surface area contributed by atoms with Crippen LogP contribution in [0.15, 0.2) is 71.8 Å². The van der Waals surface area contributed by atoms with Crippen molar-refractivity contribution in [2.75, 3.05) is 31.1 Å². The molecule has 0 unspecified atom stereocenters. The highest BCUT2D eigenvalue weighted by molar-refractivity contribution is 6.32. The van der Waals surface area contributed by atoms with Crippen LogP contribution in [0.25, 0.3) is 27.9 Å². The second-order valence-corrected chi connectivity index (χ2v) is 8.74. The van der Waals surface area contributed by atoms with Crippen molar-refractivity contribution in [3.05, 3.63) is 88.3 Å². The number of anilines is 1. The van der Waals surface area contributed by atoms with Crippen LogP contribution in [0.5, 0.6) is 5.75 Å². The summed E-state index contributed by atoms with van der Waals surface area (Å²) in [5, 5.41) is 14.9. The smallest absolute Gasteiger partial charge is 0.332 e. The van der Waals surface area contributed by atoms with Crippen molar-refractivity contribution in [1.82, 2.24) is 14.5 Å². The van der Waals surface area contributed by atoms with Crippen LogP contribution in [-0.4, -0.2) is 40.4 Å². The van der Waals surface area contributed by atoms with Crippen LogP contribution in [0, 0.1) is 5.82 Å². The van der Waals surface area contributed by atoms with Crippen LogP contribution in [0.3, 0.4) is 0 Å². The predicted octanol–water partition coefficient (Wildman–Crippen LogP) is 4.42. The summed E-state index contributed by atoms with van der Waals surface area (Å²) in [7, 11) is 1.66. The maximum Gasteiger partial charge on any atom is 0.332 e. The van der Waals surface area contributed by atoms with Gasteiger partial charge in [0.2, 0.25) is 0 Å². The van der Waals surface area contributed by atoms with Crippen LogP contribution >= 0.6 is 11.6 Å². The highest BCUT2D eigenvalue weighted by atomic mass is 35.5. The maximum atomic E-state index is 14.8. The molecule has 0 amide bonds. The SMILES string of the molecule is Cn1ccn(-c2ccc(-c3cc(F)cc(-c4ccccc4N4CCNCC4)c3O)cc2Cl)c1=O. The van der Waals surface area contributed by atoms with E-state index in [1.165, 1.54) is 21.3 Å². The summed E-state index contributed by atoms with van der Waals surface area (Å²) in [5.41, 5.74) is 3.30. The van der Waals surface area contributed by atoms with Gasteiger partial charge in [-0.25, -0.2) is 9.18 Å². The van der Waals surface area contributed by atoms with Gasteiger partial charge in [-0.3, -0.25) is 4.57 Å². The van der Waals surface area contributed by atoms with Crippen molar-refractivity contribution in [2.45, 2.75) is 0 Å². The number of nitrogens with one attached hydrogen (secondary N) is 1. The zero-order chi connectivity index (χ0) is 23.8. The summed E-state index contributed by atoms with van der Waals surface area (Å²) >= 11 is 6.51. The fraction of sp³-hybridized carbons (Fsp3) is 0.192. The van der Waals surface area contributed by atoms with Crippen LogP contribution < -0.4 is 15.9 Å². The minimum absolute atomic E-state index is 0.0234. The third-order valence-electron chi connectivity index (χ3n) is 6.19. The van der Waals surface area contributed by atoms with E-state index in [9.17, 15) is 14.3 Å². The molecule has 1 aliphatic rings. The van der Waals surface area contributed by atoms with Gasteiger partial charge in [-0.15, -0.1) is 0 Å². The van der Waals surface area contributed by atoms with E-state index in [-0.39, 0.29) is 11.4 Å². The van der Waals surface area contributed by atoms with E-state index in [1.807, 2.05) is 24.3 Å². The Morgan fingerprint density at radius 1 is 0.941 bits per heavy atom. The Kier molecular flexibility index (Phi) is 5.89. The zero-order valence-corrected chi connectivity index (χ0v) is 19.4. The molecule has 0 atom stereocenters. The fourth-order valence-corrected chi connectivity index (χ4v) is 4.70. The highest BCUT2D eigenvalue weighted by Gasteiger charge is 2.20. The molecule has 1 aromatic heterocycles. The Balaban J connectivity index is 1.60. The summed E-state index contributed by atoms with van der Waals surface area (Å²) in [6.07, 6.45) is 3.28. The number of phenolic OH excluding ortho intramolecular Hbond substituents is 1. The number of hydrogen-bond acceptors (Lipinski definition) is 4. The summed E-state index contributed by atoms with van der Waals surface area (Å²) in [5.74, 6) is -0.484. The van der Waals surface area contributed by atoms with Crippen molar-refractivity contribution >= 4 is 17.3 Å². The van der Waals surface area contributed by atoms with Gasteiger partial charge in [-0.1, -0.05) is 35.9 Å². The number of aromatic hydroxyl groups is 1. The van der Waals surface area contributed by atoms with Crippen LogP contribution in [0.4, 0.5) is 10.1 Å². The number of para-hydroxylation sites is 1. The molecule has 8 heteroatoms. The standard InChI is InChI=1S/C26H24ClFN4O2/c1-30-12-13-32(26(30)34)24-7-6-17(14-22(24)27)20-15-18(28)16-21(25(20)33)19-4-2-3-5-23(19)31-10-8-29-9-11-31/h2-7,12-16,29,33H,8-11H2,1H3. The van der Waals surface area contributed by atoms with Crippen molar-refractivity contribution < 1.29 is 9.50 Å². The molecule has 1 saturated heterocycles. The van der Waals surface area contributed by atoms with Crippen molar-refractivity contribution in [3.63, 3.8) is 0 Å². The third kappa shape index (κ3) is 3.97. The molecule has 0 aliphatic carbocycles. The van der Waals surface area contributed by atoms with Gasteiger partial charge in [0, 0.05) is 68.0 Å². The molecule has 4 aromatic rings. The Morgan fingerprint density at radius 3 is 2.38 bits per heavy atom. The Bertz CT molecular complexity index is 1420. The Labute approximate surface area is 201 Å². The first-order valence-electron chi connectivity index (χ1n) is 11.1. The summed E-state index contributed by atoms with van der Waals surface area (Å²) in [6, 6.07) is 15.4. The Morgan fingerprint density at radius 2 is 1.68 bits per heavy atom. The van der Waals surface area contributed by atoms with E-state index >= 15 is 0 Å². The lowest BCUT2D eigenvalue weighted by Crippen LogP contribution is -2.43. The van der Waals surface area contributed by atoms with Crippen LogP contribution in [0.2, 0.25) is 5.02 Å². The largest absolute Gasteiger partial charge is 0.507 e. The molecule has 34 heavy (non-hydrogen) atoms. The molecule has 0 bridgehead atoms. The minimum atomic E-state index is -0.461. The van der Waals surface area contributed by atoms with Crippen molar-refractivity contribution in [2.24, 2.45) is 7.05 Å². The number of aromatic nitrogens is 2. The summed E-state index contributed by atoms with van der Waals surface area (Å²) in [4.78, 5) is 14.5. The number of rotatable bonds is 4. The molecule has 0 spiro atoms. The van der Waals surface area contributed by atoms with Gasteiger partial charge < -0.3 is 19.9 Å². The first kappa shape index (κ1) is 22.3. The summed E-state index contributed by atoms with van der Waals surface area (Å²) < 4.78 is 17.7. The van der Waals surface area contributed by atoms with Crippen LogP contribution in [-0.2, 0) is 7.05 Å². The van der Waals surface area contributed by atoms with Gasteiger partial charge in [0.05, 0.1) is 10.7 Å². The molecule has 1 aliphatic heterocycles. The first-order chi connectivity index (χ1) is 16.4. The molecule has 3 aromatic carbocycles. The molecule has 0 radical (unpaired) electrons. The normalized spacial score (nSPS) is 13.9. The average molecular weight is 479 g/mol. The zero-order valence-electron chi connectivity index (χ0n) is 18.6. The summed E-state index contributed by atoms with van der Waals surface area (Å²) in [6.45, 7) is 3.39. The van der Waals surface area contributed by atoms with Crippen molar-refractivity contribution in [1.29, 1.82) is 0 Å². The fourth-order valence-electron chi connectivity index (χ4n) is 4.42. The number of nitrogens with zero attached hydrogens (tertiary/aromatic N) is 3. The molecule has 2 N–H and O–H groups in total. The molecular formula is C26H24ClFN4O2. The quantitative estimate of drug-likeness (QED) is 0.456. The molecular weight excluding hydrogens is 455 g/mol. The van der Waals surface area contributed by atoms with E-state index in [4.69, 9.17) is 11.6 Å². The number of halogens is 2. The van der Waals surface area contributed by atoms with Gasteiger partial charge in [-0.05, 0) is 35.9 Å². The number of hydrogen-bond donors (Lipinski definition) is 2. The molecule has 0 saturated carbocycles. The number of piperazine rings is 1. The van der Waals surface area contributed by atoms with Gasteiger partial charge in [0.15, 0.2) is 0 Å². The molecule has 174 valence electrons. The van der Waals surface area contributed by atoms with E-state index in [2.05, 4.69) is 10.2 Å². The molecule has 2 heterocycles. The second-order valence-electron chi connectivity index (χ2n) is 8.33. The average Bonchev–Trinajstić information content (AvgIpc) is 3.18. The lowest BCUT2D eigenvalue weighted by atomic mass is 9.95. The van der Waals surface area contributed by atoms with E-state index in [0.29, 0.717) is 27.4 Å². The maximum absolute atomic E-state index is 14.8. The number of phenols is 1. The van der Waals surface area contributed by atoms with Crippen molar-refractivity contribution in [3.8, 4) is 33.7 Å². The number of aryl methyl sites for hydroxylation is 1. The minimum Gasteiger partial charge on any atom is -0.507 e. The van der Waals surface area contributed by atoms with Gasteiger partial charge in [0.1, 0.15) is 11.6 Å². The Hall–Kier alpha value is -3.55. The third-order valence-corrected chi connectivity index (χ3v) is 6.49. The second kappa shape index (κ2) is 9.00. The topological polar surface area (TPSA) is 62.4 Å². The monoisotopic (exact) mass is 478 g/mol. The lowest BCUT2D eigenvalue weighted by molar-refractivity contribution is 0.477. The van der Waals surface area contributed by atoms with E-state index < -0.39 is 5.82 Å². The number of benzene rings is 3. The highest BCUT2D eigenvalue weighted by Crippen LogP contribution is 2.43. The van der Waals surface area contributed by atoms with Gasteiger partial charge >= 0.3 is 5.69 Å². The van der Waals surface area contributed by atoms with E-state index in [0.717, 1.165) is 37.4 Å². The lowest BCUT2D eigenvalue weighted by Gasteiger charge is -2.31. The first-order valence-corrected chi connectivity index (χ1v) is 11.4.